The highest BCUT2D eigenvalue weighted by Gasteiger charge is 2.43. The van der Waals surface area contributed by atoms with E-state index in [0.717, 1.165) is 50.8 Å². The van der Waals surface area contributed by atoms with Crippen LogP contribution in [0.5, 0.6) is 11.5 Å². The van der Waals surface area contributed by atoms with Crippen LogP contribution in [0.4, 0.5) is 17.1 Å². The number of benzene rings is 11. The van der Waals surface area contributed by atoms with Crippen molar-refractivity contribution in [3.05, 3.63) is 237 Å². The largest absolute Gasteiger partial charge is 0.458 e. The molecule has 0 aliphatic carbocycles. The molecule has 14 aromatic rings. The smallest absolute Gasteiger partial charge is 0.256 e. The monoisotopic (exact) mass is 950 g/mol. The maximum absolute atomic E-state index is 7.39. The van der Waals surface area contributed by atoms with Crippen molar-refractivity contribution in [1.29, 1.82) is 0 Å². The Hall–Kier alpha value is -8.68. The third kappa shape index (κ3) is 5.97. The van der Waals surface area contributed by atoms with E-state index >= 15 is 0 Å². The number of rotatable bonds is 5. The first-order chi connectivity index (χ1) is 35.7. The average molecular weight is 951 g/mol. The molecule has 2 aliphatic rings. The van der Waals surface area contributed by atoms with Gasteiger partial charge in [-0.1, -0.05) is 152 Å². The molecular formula is C66H39BN2OS2. The Bertz CT molecular complexity index is 4510. The Morgan fingerprint density at radius 1 is 0.319 bits per heavy atom. The summed E-state index contributed by atoms with van der Waals surface area (Å²) in [5, 5.41) is 7.64. The van der Waals surface area contributed by atoms with Crippen LogP contribution >= 0.6 is 22.7 Å². The minimum atomic E-state index is -0.0875. The zero-order valence-corrected chi connectivity index (χ0v) is 40.3. The molecule has 0 radical (unpaired) electrons. The van der Waals surface area contributed by atoms with Gasteiger partial charge in [0, 0.05) is 74.2 Å². The van der Waals surface area contributed by atoms with Crippen LogP contribution in [0.3, 0.4) is 0 Å². The maximum atomic E-state index is 7.39. The topological polar surface area (TPSA) is 17.4 Å². The van der Waals surface area contributed by atoms with Gasteiger partial charge in [0.15, 0.2) is 0 Å². The van der Waals surface area contributed by atoms with Gasteiger partial charge in [-0.3, -0.25) is 0 Å². The molecule has 334 valence electrons. The molecular weight excluding hydrogens is 912 g/mol. The molecule has 0 spiro atoms. The van der Waals surface area contributed by atoms with Crippen LogP contribution in [-0.2, 0) is 0 Å². The number of nitrogens with zero attached hydrogens (tertiary/aromatic N) is 2. The number of ether oxygens (including phenoxy) is 1. The molecule has 16 rings (SSSR count). The second-order valence-corrected chi connectivity index (χ2v) is 21.3. The molecule has 72 heavy (non-hydrogen) atoms. The van der Waals surface area contributed by atoms with Crippen LogP contribution in [0.25, 0.3) is 101 Å². The predicted octanol–water partition coefficient (Wildman–Crippen LogP) is 16.9. The lowest BCUT2D eigenvalue weighted by molar-refractivity contribution is 0.487. The summed E-state index contributed by atoms with van der Waals surface area (Å²) < 4.78 is 15.0. The summed E-state index contributed by atoms with van der Waals surface area (Å²) in [6.45, 7) is -0.0875. The standard InChI is InChI=1S/C66H39BN2OS2/c1-2-12-40(13-3-1)41-22-28-46(29-23-41)68-58-36-44(42-26-32-64-52(34-42)50-16-6-10-20-62(50)71-64)24-30-54(58)67-55-31-25-45(43-27-33-65-53(35-43)51-17-7-11-21-63(51)72-65)37-60(55)70-61-39-47(38-59(68)66(61)67)69-56-18-8-4-14-48(56)49-15-5-9-19-57(49)69/h1-39H. The summed E-state index contributed by atoms with van der Waals surface area (Å²) in [5.41, 5.74) is 17.4. The summed E-state index contributed by atoms with van der Waals surface area (Å²) >= 11 is 3.72. The average Bonchev–Trinajstić information content (AvgIpc) is 4.12. The van der Waals surface area contributed by atoms with Crippen molar-refractivity contribution in [3.63, 3.8) is 0 Å². The zero-order valence-electron chi connectivity index (χ0n) is 38.7. The maximum Gasteiger partial charge on any atom is 0.256 e. The number of hydrogen-bond acceptors (Lipinski definition) is 4. The number of para-hydroxylation sites is 2. The number of thiophene rings is 2. The minimum absolute atomic E-state index is 0.0875. The van der Waals surface area contributed by atoms with Gasteiger partial charge in [0.25, 0.3) is 6.71 Å². The van der Waals surface area contributed by atoms with E-state index in [4.69, 9.17) is 4.74 Å². The molecule has 0 amide bonds. The van der Waals surface area contributed by atoms with Gasteiger partial charge in [-0.25, -0.2) is 0 Å². The Kier molecular flexibility index (Phi) is 8.58. The first-order valence-corrected chi connectivity index (χ1v) is 26.2. The molecule has 11 aromatic carbocycles. The van der Waals surface area contributed by atoms with Crippen molar-refractivity contribution >= 4 is 125 Å². The summed E-state index contributed by atoms with van der Waals surface area (Å²) in [4.78, 5) is 2.50. The summed E-state index contributed by atoms with van der Waals surface area (Å²) in [5.74, 6) is 1.75. The van der Waals surface area contributed by atoms with Gasteiger partial charge in [-0.05, 0) is 129 Å². The Morgan fingerprint density at radius 2 is 0.819 bits per heavy atom. The lowest BCUT2D eigenvalue weighted by Crippen LogP contribution is -2.59. The number of anilines is 3. The van der Waals surface area contributed by atoms with Crippen LogP contribution in [0.1, 0.15) is 0 Å². The molecule has 0 fully saturated rings. The van der Waals surface area contributed by atoms with Gasteiger partial charge in [0.2, 0.25) is 0 Å². The molecule has 3 nitrogen and oxygen atoms in total. The highest BCUT2D eigenvalue weighted by molar-refractivity contribution is 7.26. The van der Waals surface area contributed by atoms with Crippen molar-refractivity contribution in [3.8, 4) is 50.6 Å². The third-order valence-corrected chi connectivity index (χ3v) is 17.6. The van der Waals surface area contributed by atoms with Gasteiger partial charge < -0.3 is 14.2 Å². The van der Waals surface area contributed by atoms with Crippen molar-refractivity contribution in [2.75, 3.05) is 4.90 Å². The second-order valence-electron chi connectivity index (χ2n) is 19.2. The van der Waals surface area contributed by atoms with Gasteiger partial charge in [-0.15, -0.1) is 22.7 Å². The van der Waals surface area contributed by atoms with Gasteiger partial charge in [0.1, 0.15) is 11.5 Å². The Balaban J connectivity index is 0.946. The predicted molar refractivity (Wildman–Crippen MR) is 309 cm³/mol. The summed E-state index contributed by atoms with van der Waals surface area (Å²) in [6.07, 6.45) is 0. The van der Waals surface area contributed by atoms with Crippen molar-refractivity contribution in [2.45, 2.75) is 0 Å². The highest BCUT2D eigenvalue weighted by atomic mass is 32.1. The molecule has 0 bridgehead atoms. The number of aromatic nitrogens is 1. The van der Waals surface area contributed by atoms with E-state index in [1.807, 2.05) is 22.7 Å². The van der Waals surface area contributed by atoms with E-state index < -0.39 is 0 Å². The number of hydrogen-bond donors (Lipinski definition) is 0. The van der Waals surface area contributed by atoms with Crippen molar-refractivity contribution in [1.82, 2.24) is 4.57 Å². The van der Waals surface area contributed by atoms with Crippen LogP contribution in [-0.4, -0.2) is 11.3 Å². The van der Waals surface area contributed by atoms with E-state index in [1.165, 1.54) is 95.3 Å². The van der Waals surface area contributed by atoms with E-state index in [9.17, 15) is 0 Å². The lowest BCUT2D eigenvalue weighted by atomic mass is 9.34. The molecule has 6 heteroatoms. The molecule has 0 N–H and O–H groups in total. The Labute approximate surface area is 423 Å². The van der Waals surface area contributed by atoms with Crippen molar-refractivity contribution in [2.24, 2.45) is 0 Å². The Morgan fingerprint density at radius 3 is 1.47 bits per heavy atom. The first-order valence-electron chi connectivity index (χ1n) is 24.6. The van der Waals surface area contributed by atoms with Crippen molar-refractivity contribution < 1.29 is 4.74 Å². The summed E-state index contributed by atoms with van der Waals surface area (Å²) in [7, 11) is 0. The normalized spacial score (nSPS) is 12.8. The van der Waals surface area contributed by atoms with E-state index in [2.05, 4.69) is 246 Å². The van der Waals surface area contributed by atoms with Gasteiger partial charge in [-0.2, -0.15) is 0 Å². The minimum Gasteiger partial charge on any atom is -0.458 e. The van der Waals surface area contributed by atoms with E-state index in [1.54, 1.807) is 0 Å². The molecule has 5 heterocycles. The second kappa shape index (κ2) is 15.4. The zero-order chi connectivity index (χ0) is 47.0. The molecule has 0 unspecified atom stereocenters. The van der Waals surface area contributed by atoms with Gasteiger partial charge in [0.05, 0.1) is 16.7 Å². The molecule has 0 saturated carbocycles. The highest BCUT2D eigenvalue weighted by Crippen LogP contribution is 2.46. The number of fused-ring (bicyclic) bond motifs is 13. The quantitative estimate of drug-likeness (QED) is 0.160. The van der Waals surface area contributed by atoms with Crippen LogP contribution < -0.4 is 26.0 Å². The molecule has 0 saturated heterocycles. The fraction of sp³-hybridized carbons (Fsp3) is 0. The molecule has 0 atom stereocenters. The third-order valence-electron chi connectivity index (χ3n) is 15.3. The van der Waals surface area contributed by atoms with E-state index in [-0.39, 0.29) is 6.71 Å². The van der Waals surface area contributed by atoms with Crippen LogP contribution in [0, 0.1) is 0 Å². The van der Waals surface area contributed by atoms with E-state index in [0.29, 0.717) is 0 Å². The van der Waals surface area contributed by atoms with Crippen LogP contribution in [0.2, 0.25) is 0 Å². The summed E-state index contributed by atoms with van der Waals surface area (Å²) in [6, 6.07) is 87.6. The molecule has 2 aliphatic heterocycles. The SMILES string of the molecule is c1ccc(-c2ccc(N3c4cc(-c5ccc6sc7ccccc7c6c5)ccc4B4c5ccc(-c6ccc7sc8ccccc8c7c6)cc5Oc5cc(-n6c7ccccc7c7ccccc76)cc3c54)cc2)cc1. The van der Waals surface area contributed by atoms with Gasteiger partial charge >= 0.3 is 0 Å². The molecule has 3 aromatic heterocycles. The lowest BCUT2D eigenvalue weighted by Gasteiger charge is -2.40. The fourth-order valence-corrected chi connectivity index (χ4v) is 14.1. The first kappa shape index (κ1) is 40.1. The van der Waals surface area contributed by atoms with Crippen LogP contribution in [0.15, 0.2) is 237 Å². The fourth-order valence-electron chi connectivity index (χ4n) is 11.9.